The third kappa shape index (κ3) is 4.25. The highest BCUT2D eigenvalue weighted by atomic mass is 16.1. The summed E-state index contributed by atoms with van der Waals surface area (Å²) in [5.41, 5.74) is 1.29. The van der Waals surface area contributed by atoms with Gasteiger partial charge in [-0.3, -0.25) is 9.79 Å². The van der Waals surface area contributed by atoms with Crippen molar-refractivity contribution < 1.29 is 4.79 Å². The molecule has 0 spiro atoms. The van der Waals surface area contributed by atoms with Gasteiger partial charge < -0.3 is 0 Å². The maximum absolute atomic E-state index is 10.7. The van der Waals surface area contributed by atoms with E-state index in [-0.39, 0.29) is 5.78 Å². The van der Waals surface area contributed by atoms with E-state index in [1.165, 1.54) is 6.92 Å². The van der Waals surface area contributed by atoms with Crippen molar-refractivity contribution in [2.45, 2.75) is 20.8 Å². The number of allylic oxidation sites excluding steroid dienone is 3. The Morgan fingerprint density at radius 3 is 2.36 bits per heavy atom. The Hall–Kier alpha value is -1.18. The Morgan fingerprint density at radius 2 is 2.00 bits per heavy atom. The van der Waals surface area contributed by atoms with E-state index >= 15 is 0 Å². The number of hydrogen-bond donors (Lipinski definition) is 0. The number of ketones is 1. The molecule has 0 aromatic rings. The fourth-order valence-electron chi connectivity index (χ4n) is 0.595. The van der Waals surface area contributed by atoms with E-state index in [0.29, 0.717) is 5.57 Å². The molecule has 0 aliphatic heterocycles. The van der Waals surface area contributed by atoms with Gasteiger partial charge in [0.1, 0.15) is 0 Å². The van der Waals surface area contributed by atoms with Gasteiger partial charge in [0.05, 0.1) is 0 Å². The highest BCUT2D eigenvalue weighted by molar-refractivity contribution is 5.95. The van der Waals surface area contributed by atoms with E-state index in [1.807, 2.05) is 13.8 Å². The van der Waals surface area contributed by atoms with Crippen molar-refractivity contribution in [1.29, 1.82) is 0 Å². The average Bonchev–Trinajstić information content (AvgIpc) is 1.87. The van der Waals surface area contributed by atoms with Crippen LogP contribution in [-0.4, -0.2) is 12.0 Å². The molecule has 0 radical (unpaired) electrons. The Balaban J connectivity index is 4.31. The summed E-state index contributed by atoms with van der Waals surface area (Å²) in [5, 5.41) is 0. The predicted octanol–water partition coefficient (Wildman–Crippen LogP) is 2.13. The molecular formula is C9H13NO. The number of carbonyl (C=O) groups excluding carboxylic acids is 1. The van der Waals surface area contributed by atoms with Crippen molar-refractivity contribution in [3.63, 3.8) is 0 Å². The average molecular weight is 151 g/mol. The first kappa shape index (κ1) is 9.82. The first-order valence-corrected chi connectivity index (χ1v) is 3.44. The van der Waals surface area contributed by atoms with E-state index in [9.17, 15) is 4.79 Å². The Labute approximate surface area is 67.3 Å². The van der Waals surface area contributed by atoms with Crippen LogP contribution in [0.5, 0.6) is 0 Å². The van der Waals surface area contributed by atoms with E-state index in [1.54, 1.807) is 12.3 Å². The van der Waals surface area contributed by atoms with E-state index < -0.39 is 0 Å². The second-order valence-electron chi connectivity index (χ2n) is 2.25. The lowest BCUT2D eigenvalue weighted by Gasteiger charge is -1.92. The standard InChI is InChI=1S/C9H13NO/c1-5-10-8(3)6-7(2)9(4)11/h5-6H,2H2,1,3-4H3/b8-6-,10-5?. The normalized spacial score (nSPS) is 12.1. The lowest BCUT2D eigenvalue weighted by molar-refractivity contribution is -0.113. The number of Topliss-reactive ketones (excluding diaryl/α,β-unsaturated/α-hetero) is 1. The zero-order chi connectivity index (χ0) is 8.85. The molecule has 0 aliphatic carbocycles. The Bertz CT molecular complexity index is 224. The topological polar surface area (TPSA) is 29.4 Å². The molecule has 0 saturated heterocycles. The summed E-state index contributed by atoms with van der Waals surface area (Å²) in [5.74, 6) is -0.0179. The first-order valence-electron chi connectivity index (χ1n) is 3.44. The van der Waals surface area contributed by atoms with Crippen LogP contribution in [0.25, 0.3) is 0 Å². The second kappa shape index (κ2) is 4.61. The van der Waals surface area contributed by atoms with Gasteiger partial charge in [0.15, 0.2) is 5.78 Å². The summed E-state index contributed by atoms with van der Waals surface area (Å²) in [6, 6.07) is 0. The number of aliphatic imine (C=N–C) groups is 1. The zero-order valence-electron chi connectivity index (χ0n) is 7.22. The SMILES string of the molecule is C=C(/C=C(/C)N=CC)C(C)=O. The van der Waals surface area contributed by atoms with Crippen molar-refractivity contribution >= 4 is 12.0 Å². The third-order valence-electron chi connectivity index (χ3n) is 1.17. The van der Waals surface area contributed by atoms with Crippen LogP contribution in [0.1, 0.15) is 20.8 Å². The molecule has 2 nitrogen and oxygen atoms in total. The van der Waals surface area contributed by atoms with E-state index in [4.69, 9.17) is 0 Å². The van der Waals surface area contributed by atoms with Crippen molar-refractivity contribution in [3.05, 3.63) is 23.9 Å². The maximum Gasteiger partial charge on any atom is 0.159 e. The maximum atomic E-state index is 10.7. The van der Waals surface area contributed by atoms with Crippen molar-refractivity contribution in [1.82, 2.24) is 0 Å². The molecular weight excluding hydrogens is 138 g/mol. The molecule has 0 bridgehead atoms. The molecule has 0 aromatic heterocycles. The molecule has 0 aromatic carbocycles. The van der Waals surface area contributed by atoms with E-state index in [2.05, 4.69) is 11.6 Å². The van der Waals surface area contributed by atoms with Gasteiger partial charge in [0.2, 0.25) is 0 Å². The van der Waals surface area contributed by atoms with Crippen LogP contribution < -0.4 is 0 Å². The lowest BCUT2D eigenvalue weighted by atomic mass is 10.2. The van der Waals surface area contributed by atoms with Crippen LogP contribution in [0, 0.1) is 0 Å². The largest absolute Gasteiger partial charge is 0.295 e. The smallest absolute Gasteiger partial charge is 0.159 e. The summed E-state index contributed by atoms with van der Waals surface area (Å²) in [6.45, 7) is 8.72. The summed E-state index contributed by atoms with van der Waals surface area (Å²) in [4.78, 5) is 14.7. The monoisotopic (exact) mass is 151 g/mol. The van der Waals surface area contributed by atoms with Gasteiger partial charge in [-0.2, -0.15) is 0 Å². The van der Waals surface area contributed by atoms with Crippen LogP contribution in [0.15, 0.2) is 28.9 Å². The zero-order valence-corrected chi connectivity index (χ0v) is 7.22. The predicted molar refractivity (Wildman–Crippen MR) is 47.7 cm³/mol. The van der Waals surface area contributed by atoms with Crippen LogP contribution in [0.4, 0.5) is 0 Å². The number of nitrogens with zero attached hydrogens (tertiary/aromatic N) is 1. The van der Waals surface area contributed by atoms with Gasteiger partial charge in [-0.15, -0.1) is 0 Å². The van der Waals surface area contributed by atoms with Crippen LogP contribution in [0.3, 0.4) is 0 Å². The van der Waals surface area contributed by atoms with Gasteiger partial charge in [0.25, 0.3) is 0 Å². The van der Waals surface area contributed by atoms with Crippen molar-refractivity contribution in [2.75, 3.05) is 0 Å². The summed E-state index contributed by atoms with van der Waals surface area (Å²) < 4.78 is 0. The molecule has 2 heteroatoms. The molecule has 0 unspecified atom stereocenters. The second-order valence-corrected chi connectivity index (χ2v) is 2.25. The molecule has 0 rings (SSSR count). The summed E-state index contributed by atoms with van der Waals surface area (Å²) in [6.07, 6.45) is 3.35. The minimum absolute atomic E-state index is 0.0179. The van der Waals surface area contributed by atoms with Gasteiger partial charge in [-0.05, 0) is 26.8 Å². The van der Waals surface area contributed by atoms with Crippen LogP contribution in [0.2, 0.25) is 0 Å². The van der Waals surface area contributed by atoms with Gasteiger partial charge in [-0.1, -0.05) is 6.58 Å². The molecule has 0 saturated carbocycles. The molecule has 0 amide bonds. The quantitative estimate of drug-likeness (QED) is 0.345. The van der Waals surface area contributed by atoms with Gasteiger partial charge in [-0.25, -0.2) is 0 Å². The fraction of sp³-hybridized carbons (Fsp3) is 0.333. The third-order valence-corrected chi connectivity index (χ3v) is 1.17. The number of carbonyl (C=O) groups is 1. The summed E-state index contributed by atoms with van der Waals surface area (Å²) in [7, 11) is 0. The molecule has 0 heterocycles. The van der Waals surface area contributed by atoms with Crippen LogP contribution >= 0.6 is 0 Å². The Morgan fingerprint density at radius 1 is 1.45 bits per heavy atom. The Kier molecular flexibility index (Phi) is 4.11. The van der Waals surface area contributed by atoms with Gasteiger partial charge >= 0.3 is 0 Å². The van der Waals surface area contributed by atoms with Crippen molar-refractivity contribution in [3.8, 4) is 0 Å². The molecule has 11 heavy (non-hydrogen) atoms. The van der Waals surface area contributed by atoms with E-state index in [0.717, 1.165) is 5.70 Å². The molecule has 0 N–H and O–H groups in total. The highest BCUT2D eigenvalue weighted by Gasteiger charge is 1.94. The molecule has 0 aliphatic rings. The minimum Gasteiger partial charge on any atom is -0.295 e. The highest BCUT2D eigenvalue weighted by Crippen LogP contribution is 2.01. The minimum atomic E-state index is -0.0179. The lowest BCUT2D eigenvalue weighted by Crippen LogP contribution is -1.90. The molecule has 0 fully saturated rings. The molecule has 60 valence electrons. The first-order chi connectivity index (χ1) is 5.07. The molecule has 0 atom stereocenters. The van der Waals surface area contributed by atoms with Crippen LogP contribution in [-0.2, 0) is 4.79 Å². The van der Waals surface area contributed by atoms with Crippen molar-refractivity contribution in [2.24, 2.45) is 4.99 Å². The fourth-order valence-corrected chi connectivity index (χ4v) is 0.595. The van der Waals surface area contributed by atoms with Gasteiger partial charge in [0, 0.05) is 17.5 Å². The number of hydrogen-bond acceptors (Lipinski definition) is 2. The summed E-state index contributed by atoms with van der Waals surface area (Å²) >= 11 is 0. The number of rotatable bonds is 3.